The lowest BCUT2D eigenvalue weighted by Gasteiger charge is -2.26. The Balaban J connectivity index is 2.72. The van der Waals surface area contributed by atoms with E-state index in [9.17, 15) is 13.2 Å². The molecule has 0 fully saturated rings. The van der Waals surface area contributed by atoms with Crippen LogP contribution in [0.2, 0.25) is 0 Å². The van der Waals surface area contributed by atoms with Gasteiger partial charge in [0.15, 0.2) is 0 Å². The molecule has 1 rings (SSSR count). The molecule has 6 nitrogen and oxygen atoms in total. The minimum absolute atomic E-state index is 0.0676. The van der Waals surface area contributed by atoms with Crippen molar-refractivity contribution >= 4 is 16.0 Å². The maximum Gasteiger partial charge on any atom is 0.304 e. The molecule has 0 aromatic carbocycles. The van der Waals surface area contributed by atoms with E-state index in [2.05, 4.69) is 4.98 Å². The Morgan fingerprint density at radius 1 is 1.45 bits per heavy atom. The summed E-state index contributed by atoms with van der Waals surface area (Å²) in [5, 5.41) is 8.77. The fourth-order valence-corrected chi connectivity index (χ4v) is 3.75. The molecule has 112 valence electrons. The van der Waals surface area contributed by atoms with Crippen molar-refractivity contribution in [1.82, 2.24) is 9.29 Å². The number of carboxylic acid groups (broad SMARTS) is 1. The Morgan fingerprint density at radius 2 is 2.15 bits per heavy atom. The smallest absolute Gasteiger partial charge is 0.304 e. The fraction of sp³-hybridized carbons (Fsp3) is 0.538. The summed E-state index contributed by atoms with van der Waals surface area (Å²) in [6.07, 6.45) is 1.74. The van der Waals surface area contributed by atoms with Crippen molar-refractivity contribution in [3.05, 3.63) is 30.1 Å². The number of hydrogen-bond acceptors (Lipinski definition) is 4. The van der Waals surface area contributed by atoms with E-state index in [-0.39, 0.29) is 18.7 Å². The number of aromatic nitrogens is 1. The van der Waals surface area contributed by atoms with E-state index >= 15 is 0 Å². The van der Waals surface area contributed by atoms with E-state index in [0.717, 1.165) is 0 Å². The van der Waals surface area contributed by atoms with Gasteiger partial charge in [-0.3, -0.25) is 9.78 Å². The van der Waals surface area contributed by atoms with E-state index in [1.807, 2.05) is 0 Å². The van der Waals surface area contributed by atoms with E-state index in [1.54, 1.807) is 38.2 Å². The highest BCUT2D eigenvalue weighted by Crippen LogP contribution is 2.12. The van der Waals surface area contributed by atoms with Crippen molar-refractivity contribution in [2.24, 2.45) is 0 Å². The first-order valence-electron chi connectivity index (χ1n) is 6.48. The molecule has 1 aromatic rings. The van der Waals surface area contributed by atoms with Gasteiger partial charge in [-0.05, 0) is 19.1 Å². The molecule has 20 heavy (non-hydrogen) atoms. The molecular formula is C13H20N2O4S. The molecule has 0 bridgehead atoms. The third-order valence-electron chi connectivity index (χ3n) is 2.97. The van der Waals surface area contributed by atoms with Crippen LogP contribution in [0.25, 0.3) is 0 Å². The summed E-state index contributed by atoms with van der Waals surface area (Å²) in [5.74, 6) is -1.07. The van der Waals surface area contributed by atoms with Gasteiger partial charge in [0.2, 0.25) is 10.0 Å². The second-order valence-electron chi connectivity index (χ2n) is 4.54. The molecule has 0 aliphatic heterocycles. The fourth-order valence-electron chi connectivity index (χ4n) is 2.03. The van der Waals surface area contributed by atoms with Crippen molar-refractivity contribution in [3.63, 3.8) is 0 Å². The lowest BCUT2D eigenvalue weighted by Crippen LogP contribution is -2.41. The van der Waals surface area contributed by atoms with E-state index in [1.165, 1.54) is 4.31 Å². The highest BCUT2D eigenvalue weighted by atomic mass is 32.2. The summed E-state index contributed by atoms with van der Waals surface area (Å²) in [6, 6.07) is 4.79. The summed E-state index contributed by atoms with van der Waals surface area (Å²) in [4.78, 5) is 14.8. The average molecular weight is 300 g/mol. The van der Waals surface area contributed by atoms with Gasteiger partial charge in [-0.25, -0.2) is 8.42 Å². The Hall–Kier alpha value is -1.47. The Morgan fingerprint density at radius 3 is 2.65 bits per heavy atom. The minimum Gasteiger partial charge on any atom is -0.481 e. The maximum absolute atomic E-state index is 12.3. The predicted molar refractivity (Wildman–Crippen MR) is 75.8 cm³/mol. The second kappa shape index (κ2) is 7.35. The molecule has 1 heterocycles. The van der Waals surface area contributed by atoms with E-state index < -0.39 is 22.0 Å². The zero-order valence-corrected chi connectivity index (χ0v) is 12.5. The lowest BCUT2D eigenvalue weighted by atomic mass is 10.2. The topological polar surface area (TPSA) is 87.6 Å². The van der Waals surface area contributed by atoms with Crippen molar-refractivity contribution in [3.8, 4) is 0 Å². The molecule has 0 saturated carbocycles. The normalized spacial score (nSPS) is 13.3. The van der Waals surface area contributed by atoms with Crippen LogP contribution in [0.15, 0.2) is 24.4 Å². The summed E-state index contributed by atoms with van der Waals surface area (Å²) < 4.78 is 25.8. The Labute approximate surface area is 119 Å². The van der Waals surface area contributed by atoms with Crippen LogP contribution in [0, 0.1) is 0 Å². The van der Waals surface area contributed by atoms with Crippen LogP contribution in [-0.2, 0) is 21.2 Å². The van der Waals surface area contributed by atoms with Gasteiger partial charge in [0, 0.05) is 30.9 Å². The zero-order valence-electron chi connectivity index (χ0n) is 11.7. The Kier molecular flexibility index (Phi) is 6.09. The maximum atomic E-state index is 12.3. The van der Waals surface area contributed by atoms with Crippen LogP contribution in [0.5, 0.6) is 0 Å². The highest BCUT2D eigenvalue weighted by Gasteiger charge is 2.27. The first kappa shape index (κ1) is 16.6. The first-order chi connectivity index (χ1) is 9.36. The number of pyridine rings is 1. The number of aryl methyl sites for hydroxylation is 1. The number of sulfonamides is 1. The zero-order chi connectivity index (χ0) is 15.2. The van der Waals surface area contributed by atoms with Crippen LogP contribution in [0.3, 0.4) is 0 Å². The summed E-state index contributed by atoms with van der Waals surface area (Å²) in [6.45, 7) is 3.58. The van der Waals surface area contributed by atoms with Gasteiger partial charge < -0.3 is 5.11 Å². The van der Waals surface area contributed by atoms with Crippen LogP contribution in [0.1, 0.15) is 26.0 Å². The van der Waals surface area contributed by atoms with Crippen LogP contribution in [0.4, 0.5) is 0 Å². The molecule has 1 aromatic heterocycles. The third-order valence-corrected chi connectivity index (χ3v) is 5.03. The highest BCUT2D eigenvalue weighted by molar-refractivity contribution is 7.89. The number of carbonyl (C=O) groups is 1. The molecule has 0 aliphatic rings. The molecule has 1 atom stereocenters. The minimum atomic E-state index is -3.49. The van der Waals surface area contributed by atoms with Gasteiger partial charge in [0.25, 0.3) is 0 Å². The van der Waals surface area contributed by atoms with Crippen molar-refractivity contribution in [1.29, 1.82) is 0 Å². The second-order valence-corrected chi connectivity index (χ2v) is 6.58. The third kappa shape index (κ3) is 4.90. The van der Waals surface area contributed by atoms with Crippen molar-refractivity contribution in [2.75, 3.05) is 12.3 Å². The number of carboxylic acids is 1. The standard InChI is InChI=1S/C13H20N2O4S/c1-3-15(11(2)10-13(16)17)20(18,19)9-7-12-6-4-5-8-14-12/h4-6,8,11H,3,7,9-10H2,1-2H3,(H,16,17). The van der Waals surface area contributed by atoms with Gasteiger partial charge in [-0.15, -0.1) is 0 Å². The SMILES string of the molecule is CCN(C(C)CC(=O)O)S(=O)(=O)CCc1ccccn1. The van der Waals surface area contributed by atoms with Crippen LogP contribution in [-0.4, -0.2) is 47.1 Å². The molecule has 0 radical (unpaired) electrons. The number of nitrogens with zero attached hydrogens (tertiary/aromatic N) is 2. The quantitative estimate of drug-likeness (QED) is 0.778. The first-order valence-corrected chi connectivity index (χ1v) is 8.09. The molecule has 0 spiro atoms. The molecule has 1 unspecified atom stereocenters. The number of aliphatic carboxylic acids is 1. The molecule has 0 amide bonds. The van der Waals surface area contributed by atoms with Gasteiger partial charge in [0.05, 0.1) is 12.2 Å². The van der Waals surface area contributed by atoms with Crippen molar-refractivity contribution in [2.45, 2.75) is 32.7 Å². The van der Waals surface area contributed by atoms with E-state index in [0.29, 0.717) is 12.1 Å². The summed E-state index contributed by atoms with van der Waals surface area (Å²) >= 11 is 0. The van der Waals surface area contributed by atoms with Gasteiger partial charge in [0.1, 0.15) is 0 Å². The van der Waals surface area contributed by atoms with Crippen LogP contribution < -0.4 is 0 Å². The lowest BCUT2D eigenvalue weighted by molar-refractivity contribution is -0.137. The molecule has 7 heteroatoms. The average Bonchev–Trinajstić information content (AvgIpc) is 2.37. The number of rotatable bonds is 8. The van der Waals surface area contributed by atoms with E-state index in [4.69, 9.17) is 5.11 Å². The van der Waals surface area contributed by atoms with Gasteiger partial charge in [-0.1, -0.05) is 13.0 Å². The van der Waals surface area contributed by atoms with Gasteiger partial charge >= 0.3 is 5.97 Å². The molecule has 1 N–H and O–H groups in total. The summed E-state index contributed by atoms with van der Waals surface area (Å²) in [5.41, 5.74) is 0.706. The molecule has 0 aliphatic carbocycles. The monoisotopic (exact) mass is 300 g/mol. The van der Waals surface area contributed by atoms with Gasteiger partial charge in [-0.2, -0.15) is 4.31 Å². The van der Waals surface area contributed by atoms with Crippen LogP contribution >= 0.6 is 0 Å². The number of hydrogen-bond donors (Lipinski definition) is 1. The predicted octanol–water partition coefficient (Wildman–Crippen LogP) is 1.14. The summed E-state index contributed by atoms with van der Waals surface area (Å²) in [7, 11) is -3.49. The largest absolute Gasteiger partial charge is 0.481 e. The Bertz CT molecular complexity index is 531. The molecular weight excluding hydrogens is 280 g/mol. The molecule has 0 saturated heterocycles. The van der Waals surface area contributed by atoms with Crippen molar-refractivity contribution < 1.29 is 18.3 Å².